The Morgan fingerprint density at radius 1 is 1.12 bits per heavy atom. The van der Waals surface area contributed by atoms with Crippen LogP contribution in [0.3, 0.4) is 0 Å². The van der Waals surface area contributed by atoms with E-state index in [9.17, 15) is 4.79 Å². The Balaban J connectivity index is 1.58. The number of urea groups is 1. The minimum atomic E-state index is -0.122. The summed E-state index contributed by atoms with van der Waals surface area (Å²) >= 11 is 0. The maximum Gasteiger partial charge on any atom is 0.319 e. The Kier molecular flexibility index (Phi) is 6.07. The molecule has 0 aliphatic carbocycles. The number of amides is 2. The second kappa shape index (κ2) is 8.67. The van der Waals surface area contributed by atoms with Gasteiger partial charge in [-0.25, -0.2) is 4.79 Å². The quantitative estimate of drug-likeness (QED) is 0.840. The average molecular weight is 337 g/mol. The third-order valence-corrected chi connectivity index (χ3v) is 4.91. The second-order valence-corrected chi connectivity index (χ2v) is 6.58. The van der Waals surface area contributed by atoms with Crippen LogP contribution in [0.4, 0.5) is 10.5 Å². The van der Waals surface area contributed by atoms with Gasteiger partial charge in [-0.15, -0.1) is 0 Å². The fraction of sp³-hybridized carbons (Fsp3) is 0.381. The number of anilines is 1. The van der Waals surface area contributed by atoms with Gasteiger partial charge < -0.3 is 10.6 Å². The van der Waals surface area contributed by atoms with Crippen molar-refractivity contribution in [1.82, 2.24) is 10.2 Å². The van der Waals surface area contributed by atoms with Crippen LogP contribution in [0.1, 0.15) is 30.9 Å². The third-order valence-electron chi connectivity index (χ3n) is 4.91. The lowest BCUT2D eigenvalue weighted by molar-refractivity contribution is 0.238. The summed E-state index contributed by atoms with van der Waals surface area (Å²) in [4.78, 5) is 14.8. The molecule has 2 amide bonds. The van der Waals surface area contributed by atoms with Gasteiger partial charge in [0.2, 0.25) is 0 Å². The molecule has 132 valence electrons. The van der Waals surface area contributed by atoms with E-state index in [0.29, 0.717) is 12.6 Å². The van der Waals surface area contributed by atoms with Gasteiger partial charge in [-0.05, 0) is 49.5 Å². The largest absolute Gasteiger partial charge is 0.336 e. The van der Waals surface area contributed by atoms with E-state index in [4.69, 9.17) is 0 Å². The molecule has 1 aliphatic heterocycles. The van der Waals surface area contributed by atoms with Gasteiger partial charge in [-0.1, -0.05) is 55.5 Å². The van der Waals surface area contributed by atoms with Crippen LogP contribution < -0.4 is 10.6 Å². The maximum atomic E-state index is 12.3. The third kappa shape index (κ3) is 4.83. The van der Waals surface area contributed by atoms with Crippen molar-refractivity contribution in [2.24, 2.45) is 0 Å². The Bertz CT molecular complexity index is 687. The molecular formula is C21H27N3O. The van der Waals surface area contributed by atoms with E-state index >= 15 is 0 Å². The molecule has 0 unspecified atom stereocenters. The Hall–Kier alpha value is -2.33. The maximum absolute atomic E-state index is 12.3. The zero-order valence-electron chi connectivity index (χ0n) is 14.9. The van der Waals surface area contributed by atoms with Gasteiger partial charge in [0.1, 0.15) is 0 Å². The van der Waals surface area contributed by atoms with Crippen LogP contribution in [0.15, 0.2) is 54.6 Å². The van der Waals surface area contributed by atoms with E-state index in [1.165, 1.54) is 18.4 Å². The molecule has 0 saturated carbocycles. The number of carbonyl (C=O) groups excluding carboxylic acids is 1. The molecule has 0 bridgehead atoms. The van der Waals surface area contributed by atoms with E-state index in [-0.39, 0.29) is 6.03 Å². The number of likely N-dealkylation sites (tertiary alicyclic amines) is 1. The molecule has 0 aromatic heterocycles. The smallest absolute Gasteiger partial charge is 0.319 e. The van der Waals surface area contributed by atoms with E-state index in [0.717, 1.165) is 30.8 Å². The van der Waals surface area contributed by atoms with E-state index in [2.05, 4.69) is 40.7 Å². The molecule has 3 rings (SSSR count). The molecule has 2 aromatic rings. The minimum absolute atomic E-state index is 0.122. The van der Waals surface area contributed by atoms with Gasteiger partial charge in [0.25, 0.3) is 0 Å². The van der Waals surface area contributed by atoms with Crippen LogP contribution >= 0.6 is 0 Å². The monoisotopic (exact) mass is 337 g/mol. The average Bonchev–Trinajstić information content (AvgIpc) is 3.10. The number of benzene rings is 2. The van der Waals surface area contributed by atoms with Crippen molar-refractivity contribution in [3.63, 3.8) is 0 Å². The first-order valence-electron chi connectivity index (χ1n) is 9.17. The van der Waals surface area contributed by atoms with Crippen LogP contribution in [0.5, 0.6) is 0 Å². The highest BCUT2D eigenvalue weighted by Crippen LogP contribution is 2.19. The fourth-order valence-corrected chi connectivity index (χ4v) is 3.53. The summed E-state index contributed by atoms with van der Waals surface area (Å²) < 4.78 is 0. The summed E-state index contributed by atoms with van der Waals surface area (Å²) in [5.41, 5.74) is 3.24. The molecule has 1 aliphatic rings. The van der Waals surface area contributed by atoms with Crippen molar-refractivity contribution in [2.75, 3.05) is 25.0 Å². The van der Waals surface area contributed by atoms with Crippen LogP contribution in [0, 0.1) is 0 Å². The highest BCUT2D eigenvalue weighted by atomic mass is 16.2. The number of nitrogens with zero attached hydrogens (tertiary/aromatic N) is 1. The normalized spacial score (nSPS) is 17.4. The summed E-state index contributed by atoms with van der Waals surface area (Å²) in [6.07, 6.45) is 3.20. The van der Waals surface area contributed by atoms with Crippen molar-refractivity contribution in [1.29, 1.82) is 0 Å². The zero-order valence-corrected chi connectivity index (χ0v) is 14.9. The summed E-state index contributed by atoms with van der Waals surface area (Å²) in [6, 6.07) is 18.7. The van der Waals surface area contributed by atoms with Crippen LogP contribution in [0.2, 0.25) is 0 Å². The number of hydrogen-bond donors (Lipinski definition) is 2. The lowest BCUT2D eigenvalue weighted by atomic mass is 10.0. The lowest BCUT2D eigenvalue weighted by Crippen LogP contribution is -2.41. The molecule has 1 saturated heterocycles. The highest BCUT2D eigenvalue weighted by Gasteiger charge is 2.23. The molecule has 1 fully saturated rings. The molecule has 2 aromatic carbocycles. The second-order valence-electron chi connectivity index (χ2n) is 6.58. The molecule has 0 radical (unpaired) electrons. The molecule has 1 heterocycles. The number of likely N-dealkylation sites (N-methyl/N-ethyl adjacent to an activating group) is 1. The standard InChI is InChI=1S/C21H27N3O/c1-2-24-14-8-12-19(24)16-22-21(25)23-20-13-7-6-11-18(20)15-17-9-4-3-5-10-17/h3-7,9-11,13,19H,2,8,12,14-16H2,1H3,(H2,22,23,25)/t19-/m0/s1. The predicted molar refractivity (Wildman–Crippen MR) is 103 cm³/mol. The van der Waals surface area contributed by atoms with Gasteiger partial charge in [-0.2, -0.15) is 0 Å². The number of nitrogens with one attached hydrogen (secondary N) is 2. The molecule has 4 nitrogen and oxygen atoms in total. The summed E-state index contributed by atoms with van der Waals surface area (Å²) in [7, 11) is 0. The highest BCUT2D eigenvalue weighted by molar-refractivity contribution is 5.90. The Labute approximate surface area is 150 Å². The summed E-state index contributed by atoms with van der Waals surface area (Å²) in [5, 5.41) is 6.06. The first-order valence-corrected chi connectivity index (χ1v) is 9.17. The lowest BCUT2D eigenvalue weighted by Gasteiger charge is -2.23. The molecule has 4 heteroatoms. The van der Waals surface area contributed by atoms with E-state index in [1.54, 1.807) is 0 Å². The van der Waals surface area contributed by atoms with E-state index in [1.807, 2.05) is 36.4 Å². The van der Waals surface area contributed by atoms with Gasteiger partial charge in [0, 0.05) is 18.3 Å². The predicted octanol–water partition coefficient (Wildman–Crippen LogP) is 3.88. The first-order chi connectivity index (χ1) is 12.3. The van der Waals surface area contributed by atoms with Crippen molar-refractivity contribution in [3.05, 3.63) is 65.7 Å². The van der Waals surface area contributed by atoms with E-state index < -0.39 is 0 Å². The van der Waals surface area contributed by atoms with Crippen LogP contribution in [-0.4, -0.2) is 36.6 Å². The van der Waals surface area contributed by atoms with Crippen molar-refractivity contribution in [3.8, 4) is 0 Å². The number of carbonyl (C=O) groups is 1. The number of rotatable bonds is 6. The van der Waals surface area contributed by atoms with Gasteiger partial charge in [-0.3, -0.25) is 4.90 Å². The molecular weight excluding hydrogens is 310 g/mol. The van der Waals surface area contributed by atoms with Crippen molar-refractivity contribution >= 4 is 11.7 Å². The van der Waals surface area contributed by atoms with Crippen molar-refractivity contribution < 1.29 is 4.79 Å². The Morgan fingerprint density at radius 3 is 2.68 bits per heavy atom. The number of para-hydroxylation sites is 1. The zero-order chi connectivity index (χ0) is 17.5. The SMILES string of the molecule is CCN1CCC[C@H]1CNC(=O)Nc1ccccc1Cc1ccccc1. The summed E-state index contributed by atoms with van der Waals surface area (Å²) in [5.74, 6) is 0. The first kappa shape index (κ1) is 17.5. The Morgan fingerprint density at radius 2 is 1.88 bits per heavy atom. The van der Waals surface area contributed by atoms with Crippen LogP contribution in [-0.2, 0) is 6.42 Å². The number of hydrogen-bond acceptors (Lipinski definition) is 2. The minimum Gasteiger partial charge on any atom is -0.336 e. The molecule has 1 atom stereocenters. The van der Waals surface area contributed by atoms with Gasteiger partial charge >= 0.3 is 6.03 Å². The summed E-state index contributed by atoms with van der Waals surface area (Å²) in [6.45, 7) is 5.08. The molecule has 0 spiro atoms. The fourth-order valence-electron chi connectivity index (χ4n) is 3.53. The topological polar surface area (TPSA) is 44.4 Å². The van der Waals surface area contributed by atoms with Crippen LogP contribution in [0.25, 0.3) is 0 Å². The van der Waals surface area contributed by atoms with Gasteiger partial charge in [0.15, 0.2) is 0 Å². The van der Waals surface area contributed by atoms with Crippen molar-refractivity contribution in [2.45, 2.75) is 32.2 Å². The van der Waals surface area contributed by atoms with Gasteiger partial charge in [0.05, 0.1) is 0 Å². The molecule has 2 N–H and O–H groups in total. The molecule has 25 heavy (non-hydrogen) atoms.